The Hall–Kier alpha value is -2.62. The zero-order chi connectivity index (χ0) is 16.2. The average Bonchev–Trinajstić information content (AvgIpc) is 2.61. The van der Waals surface area contributed by atoms with Gasteiger partial charge in [-0.25, -0.2) is 0 Å². The molecule has 3 rings (SSSR count). The summed E-state index contributed by atoms with van der Waals surface area (Å²) in [6, 6.07) is 15.2. The number of ether oxygens (including phenoxy) is 1. The van der Waals surface area contributed by atoms with E-state index in [-0.39, 0.29) is 5.91 Å². The van der Waals surface area contributed by atoms with Gasteiger partial charge in [0.25, 0.3) is 5.91 Å². The van der Waals surface area contributed by atoms with Crippen molar-refractivity contribution in [1.29, 1.82) is 0 Å². The van der Waals surface area contributed by atoms with E-state index in [1.54, 1.807) is 23.1 Å². The van der Waals surface area contributed by atoms with Gasteiger partial charge in [-0.1, -0.05) is 37.3 Å². The third-order valence-corrected chi connectivity index (χ3v) is 4.06. The molecule has 0 saturated heterocycles. The lowest BCUT2D eigenvalue weighted by molar-refractivity contribution is -0.126. The lowest BCUT2D eigenvalue weighted by Gasteiger charge is -2.34. The van der Waals surface area contributed by atoms with Crippen LogP contribution in [0.25, 0.3) is 0 Å². The Bertz CT molecular complexity index is 712. The predicted molar refractivity (Wildman–Crippen MR) is 89.0 cm³/mol. The molecule has 4 nitrogen and oxygen atoms in total. The second-order valence-electron chi connectivity index (χ2n) is 5.59. The largest absolute Gasteiger partial charge is 0.478 e. The summed E-state index contributed by atoms with van der Waals surface area (Å²) < 4.78 is 5.77. The molecule has 0 N–H and O–H groups in total. The number of fused-ring (bicyclic) bond motifs is 1. The number of hydrogen-bond acceptors (Lipinski definition) is 3. The number of carbonyl (C=O) groups excluding carboxylic acids is 2. The summed E-state index contributed by atoms with van der Waals surface area (Å²) >= 11 is 0. The maximum Gasteiger partial charge on any atom is 0.268 e. The highest BCUT2D eigenvalue weighted by molar-refractivity contribution is 6.00. The van der Waals surface area contributed by atoms with Gasteiger partial charge in [-0.2, -0.15) is 0 Å². The molecule has 0 aromatic heterocycles. The number of hydrogen-bond donors (Lipinski definition) is 0. The quantitative estimate of drug-likeness (QED) is 0.797. The Morgan fingerprint density at radius 1 is 1.17 bits per heavy atom. The lowest BCUT2D eigenvalue weighted by Crippen LogP contribution is -2.46. The molecule has 0 spiro atoms. The lowest BCUT2D eigenvalue weighted by atomic mass is 10.1. The summed E-state index contributed by atoms with van der Waals surface area (Å²) in [7, 11) is 0. The standard InChI is InChI=1S/C19H19NO3/c1-2-17-19(22)20(11-10-14-6-4-3-5-7-14)16-12-15(13-21)8-9-18(16)23-17/h3-9,12-13,17H,2,10-11H2,1H3. The molecule has 23 heavy (non-hydrogen) atoms. The Kier molecular flexibility index (Phi) is 4.42. The van der Waals surface area contributed by atoms with Crippen molar-refractivity contribution in [3.63, 3.8) is 0 Å². The Morgan fingerprint density at radius 2 is 1.96 bits per heavy atom. The van der Waals surface area contributed by atoms with Crippen molar-refractivity contribution in [1.82, 2.24) is 0 Å². The zero-order valence-corrected chi connectivity index (χ0v) is 13.1. The second kappa shape index (κ2) is 6.65. The molecule has 0 bridgehead atoms. The van der Waals surface area contributed by atoms with Crippen LogP contribution in [0.1, 0.15) is 29.3 Å². The van der Waals surface area contributed by atoms with E-state index in [0.717, 1.165) is 12.7 Å². The number of anilines is 1. The number of nitrogens with zero attached hydrogens (tertiary/aromatic N) is 1. The van der Waals surface area contributed by atoms with Gasteiger partial charge in [0.1, 0.15) is 12.0 Å². The van der Waals surface area contributed by atoms with E-state index in [1.807, 2.05) is 37.3 Å². The van der Waals surface area contributed by atoms with Gasteiger partial charge in [-0.15, -0.1) is 0 Å². The van der Waals surface area contributed by atoms with Crippen LogP contribution in [-0.2, 0) is 11.2 Å². The molecule has 1 atom stereocenters. The fraction of sp³-hybridized carbons (Fsp3) is 0.263. The fourth-order valence-electron chi connectivity index (χ4n) is 2.79. The van der Waals surface area contributed by atoms with E-state index in [4.69, 9.17) is 4.74 Å². The van der Waals surface area contributed by atoms with Gasteiger partial charge in [-0.05, 0) is 36.6 Å². The van der Waals surface area contributed by atoms with E-state index < -0.39 is 6.10 Å². The summed E-state index contributed by atoms with van der Waals surface area (Å²) in [6.45, 7) is 2.50. The molecule has 2 aromatic carbocycles. The summed E-state index contributed by atoms with van der Waals surface area (Å²) in [6.07, 6.45) is 1.70. The molecule has 1 amide bonds. The topological polar surface area (TPSA) is 46.6 Å². The first-order chi connectivity index (χ1) is 11.2. The van der Waals surface area contributed by atoms with Gasteiger partial charge in [-0.3, -0.25) is 9.59 Å². The van der Waals surface area contributed by atoms with E-state index in [9.17, 15) is 9.59 Å². The van der Waals surface area contributed by atoms with E-state index in [1.165, 1.54) is 5.56 Å². The number of amides is 1. The SMILES string of the molecule is CCC1Oc2ccc(C=O)cc2N(CCc2ccccc2)C1=O. The summed E-state index contributed by atoms with van der Waals surface area (Å²) in [5, 5.41) is 0. The van der Waals surface area contributed by atoms with Gasteiger partial charge < -0.3 is 9.64 Å². The fourth-order valence-corrected chi connectivity index (χ4v) is 2.79. The predicted octanol–water partition coefficient (Wildman–Crippen LogP) is 3.25. The molecule has 118 valence electrons. The average molecular weight is 309 g/mol. The van der Waals surface area contributed by atoms with Crippen molar-refractivity contribution in [2.75, 3.05) is 11.4 Å². The van der Waals surface area contributed by atoms with Crippen LogP contribution < -0.4 is 9.64 Å². The monoisotopic (exact) mass is 309 g/mol. The van der Waals surface area contributed by atoms with Crippen LogP contribution in [0.4, 0.5) is 5.69 Å². The Morgan fingerprint density at radius 3 is 2.65 bits per heavy atom. The highest BCUT2D eigenvalue weighted by atomic mass is 16.5. The molecule has 4 heteroatoms. The molecule has 1 aliphatic heterocycles. The smallest absolute Gasteiger partial charge is 0.268 e. The van der Waals surface area contributed by atoms with Gasteiger partial charge in [0.15, 0.2) is 6.10 Å². The van der Waals surface area contributed by atoms with Crippen molar-refractivity contribution < 1.29 is 14.3 Å². The van der Waals surface area contributed by atoms with Crippen molar-refractivity contribution in [3.05, 3.63) is 59.7 Å². The van der Waals surface area contributed by atoms with E-state index in [2.05, 4.69) is 0 Å². The van der Waals surface area contributed by atoms with Crippen molar-refractivity contribution in [3.8, 4) is 5.75 Å². The maximum atomic E-state index is 12.7. The Labute approximate surface area is 135 Å². The minimum atomic E-state index is -0.458. The van der Waals surface area contributed by atoms with Crippen molar-refractivity contribution in [2.45, 2.75) is 25.9 Å². The first kappa shape index (κ1) is 15.3. The van der Waals surface area contributed by atoms with Gasteiger partial charge in [0.05, 0.1) is 5.69 Å². The highest BCUT2D eigenvalue weighted by Crippen LogP contribution is 2.35. The minimum absolute atomic E-state index is 0.0426. The van der Waals surface area contributed by atoms with Crippen LogP contribution in [0.15, 0.2) is 48.5 Å². The van der Waals surface area contributed by atoms with Crippen LogP contribution in [0.2, 0.25) is 0 Å². The number of rotatable bonds is 5. The first-order valence-corrected chi connectivity index (χ1v) is 7.84. The molecule has 0 saturated carbocycles. The van der Waals surface area contributed by atoms with Crippen molar-refractivity contribution >= 4 is 17.9 Å². The normalized spacial score (nSPS) is 16.7. The van der Waals surface area contributed by atoms with Gasteiger partial charge >= 0.3 is 0 Å². The molecule has 0 radical (unpaired) electrons. The maximum absolute atomic E-state index is 12.7. The zero-order valence-electron chi connectivity index (χ0n) is 13.1. The third kappa shape index (κ3) is 3.11. The molecule has 1 heterocycles. The van der Waals surface area contributed by atoms with Crippen LogP contribution in [0, 0.1) is 0 Å². The van der Waals surface area contributed by atoms with Crippen molar-refractivity contribution in [2.24, 2.45) is 0 Å². The number of benzene rings is 2. The van der Waals surface area contributed by atoms with Crippen LogP contribution in [0.5, 0.6) is 5.75 Å². The molecule has 1 unspecified atom stereocenters. The van der Waals surface area contributed by atoms with Crippen LogP contribution in [-0.4, -0.2) is 24.8 Å². The summed E-state index contributed by atoms with van der Waals surface area (Å²) in [4.78, 5) is 25.4. The highest BCUT2D eigenvalue weighted by Gasteiger charge is 2.33. The summed E-state index contributed by atoms with van der Waals surface area (Å²) in [5.74, 6) is 0.620. The van der Waals surface area contributed by atoms with Gasteiger partial charge in [0, 0.05) is 12.1 Å². The van der Waals surface area contributed by atoms with E-state index >= 15 is 0 Å². The third-order valence-electron chi connectivity index (χ3n) is 4.06. The van der Waals surface area contributed by atoms with Gasteiger partial charge in [0.2, 0.25) is 0 Å². The minimum Gasteiger partial charge on any atom is -0.478 e. The van der Waals surface area contributed by atoms with E-state index in [0.29, 0.717) is 30.0 Å². The number of aldehydes is 1. The molecule has 2 aromatic rings. The molecule has 0 fully saturated rings. The van der Waals surface area contributed by atoms with Crippen LogP contribution >= 0.6 is 0 Å². The van der Waals surface area contributed by atoms with Crippen LogP contribution in [0.3, 0.4) is 0 Å². The molecular formula is C19H19NO3. The number of carbonyl (C=O) groups is 2. The first-order valence-electron chi connectivity index (χ1n) is 7.84. The molecule has 0 aliphatic carbocycles. The Balaban J connectivity index is 1.90. The second-order valence-corrected chi connectivity index (χ2v) is 5.59. The molecule has 1 aliphatic rings. The summed E-state index contributed by atoms with van der Waals surface area (Å²) in [5.41, 5.74) is 2.40. The molecular weight excluding hydrogens is 290 g/mol.